The van der Waals surface area contributed by atoms with Gasteiger partial charge < -0.3 is 15.0 Å². The van der Waals surface area contributed by atoms with Crippen LogP contribution in [-0.2, 0) is 14.3 Å². The van der Waals surface area contributed by atoms with Gasteiger partial charge in [-0.05, 0) is 13.8 Å². The zero-order valence-corrected chi connectivity index (χ0v) is 10.6. The number of hydrogen-bond donors (Lipinski definition) is 1. The van der Waals surface area contributed by atoms with Crippen molar-refractivity contribution in [3.05, 3.63) is 0 Å². The molecule has 0 fully saturated rings. The minimum Gasteiger partial charge on any atom is -0.466 e. The van der Waals surface area contributed by atoms with E-state index >= 15 is 0 Å². The molecule has 0 heterocycles. The van der Waals surface area contributed by atoms with Crippen molar-refractivity contribution in [1.29, 1.82) is 0 Å². The molecule has 1 atom stereocenters. The van der Waals surface area contributed by atoms with Crippen LogP contribution in [0.1, 0.15) is 26.7 Å². The number of nitrogens with one attached hydrogen (secondary N) is 1. The van der Waals surface area contributed by atoms with E-state index in [1.807, 2.05) is 6.92 Å². The first kappa shape index (κ1) is 14.9. The van der Waals surface area contributed by atoms with E-state index in [-0.39, 0.29) is 17.9 Å². The molecule has 0 saturated heterocycles. The van der Waals surface area contributed by atoms with Gasteiger partial charge in [-0.3, -0.25) is 9.59 Å². The molecule has 0 saturated carbocycles. The Morgan fingerprint density at radius 3 is 2.50 bits per heavy atom. The van der Waals surface area contributed by atoms with E-state index in [1.54, 1.807) is 25.9 Å². The highest BCUT2D eigenvalue weighted by atomic mass is 16.5. The highest BCUT2D eigenvalue weighted by molar-refractivity contribution is 5.75. The van der Waals surface area contributed by atoms with Gasteiger partial charge in [0.2, 0.25) is 5.91 Å². The van der Waals surface area contributed by atoms with Crippen LogP contribution < -0.4 is 5.32 Å². The van der Waals surface area contributed by atoms with Crippen molar-refractivity contribution in [2.24, 2.45) is 0 Å². The van der Waals surface area contributed by atoms with Gasteiger partial charge in [-0.15, -0.1) is 0 Å². The van der Waals surface area contributed by atoms with Crippen molar-refractivity contribution in [2.75, 3.05) is 27.2 Å². The van der Waals surface area contributed by atoms with Crippen molar-refractivity contribution in [3.8, 4) is 0 Å². The summed E-state index contributed by atoms with van der Waals surface area (Å²) < 4.78 is 4.82. The van der Waals surface area contributed by atoms with Crippen LogP contribution >= 0.6 is 0 Å². The number of rotatable bonds is 7. The quantitative estimate of drug-likeness (QED) is 0.643. The first-order chi connectivity index (χ1) is 7.47. The third-order valence-electron chi connectivity index (χ3n) is 2.11. The van der Waals surface area contributed by atoms with Gasteiger partial charge in [0.15, 0.2) is 0 Å². The van der Waals surface area contributed by atoms with Gasteiger partial charge in [0.25, 0.3) is 0 Å². The van der Waals surface area contributed by atoms with Crippen molar-refractivity contribution in [3.63, 3.8) is 0 Å². The lowest BCUT2D eigenvalue weighted by atomic mass is 10.2. The molecule has 0 aromatic carbocycles. The van der Waals surface area contributed by atoms with Crippen LogP contribution in [0.15, 0.2) is 0 Å². The largest absolute Gasteiger partial charge is 0.466 e. The van der Waals surface area contributed by atoms with Crippen LogP contribution in [0, 0.1) is 0 Å². The molecule has 0 aromatic heterocycles. The minimum absolute atomic E-state index is 0.0361. The molecule has 0 aliphatic heterocycles. The second-order valence-electron chi connectivity index (χ2n) is 3.90. The molecule has 0 radical (unpaired) electrons. The molecule has 1 amide bonds. The molecule has 16 heavy (non-hydrogen) atoms. The lowest BCUT2D eigenvalue weighted by Crippen LogP contribution is -2.33. The number of amides is 1. The molecule has 0 aromatic rings. The lowest BCUT2D eigenvalue weighted by molar-refractivity contribution is -0.143. The zero-order valence-electron chi connectivity index (χ0n) is 10.6. The van der Waals surface area contributed by atoms with Gasteiger partial charge in [-0.25, -0.2) is 0 Å². The van der Waals surface area contributed by atoms with Crippen molar-refractivity contribution in [1.82, 2.24) is 10.2 Å². The monoisotopic (exact) mass is 230 g/mol. The normalized spacial score (nSPS) is 12.0. The van der Waals surface area contributed by atoms with E-state index in [2.05, 4.69) is 5.32 Å². The Hall–Kier alpha value is -1.10. The van der Waals surface area contributed by atoms with Crippen LogP contribution in [-0.4, -0.2) is 50.1 Å². The van der Waals surface area contributed by atoms with Gasteiger partial charge >= 0.3 is 5.97 Å². The fourth-order valence-electron chi connectivity index (χ4n) is 1.19. The Morgan fingerprint density at radius 1 is 1.38 bits per heavy atom. The van der Waals surface area contributed by atoms with Crippen LogP contribution in [0.3, 0.4) is 0 Å². The first-order valence-electron chi connectivity index (χ1n) is 5.56. The molecule has 5 heteroatoms. The number of carbonyl (C=O) groups excluding carboxylic acids is 2. The lowest BCUT2D eigenvalue weighted by Gasteiger charge is -2.14. The average Bonchev–Trinajstić information content (AvgIpc) is 2.17. The molecular formula is C11H22N2O3. The zero-order chi connectivity index (χ0) is 12.6. The third-order valence-corrected chi connectivity index (χ3v) is 2.11. The molecular weight excluding hydrogens is 208 g/mol. The van der Waals surface area contributed by atoms with Crippen molar-refractivity contribution >= 4 is 11.9 Å². The molecule has 5 nitrogen and oxygen atoms in total. The molecule has 0 rings (SSSR count). The predicted molar refractivity (Wildman–Crippen MR) is 62.0 cm³/mol. The maximum absolute atomic E-state index is 11.2. The Morgan fingerprint density at radius 2 is 2.00 bits per heavy atom. The predicted octanol–water partition coefficient (Wildman–Crippen LogP) is 0.396. The number of hydrogen-bond acceptors (Lipinski definition) is 4. The van der Waals surface area contributed by atoms with Gasteiger partial charge in [-0.1, -0.05) is 0 Å². The fraction of sp³-hybridized carbons (Fsp3) is 0.818. The standard InChI is InChI=1S/C11H22N2O3/c1-5-16-11(15)8-9(2)12-7-6-10(14)13(3)4/h9,12H,5-8H2,1-4H3. The Bertz CT molecular complexity index is 229. The number of nitrogens with zero attached hydrogens (tertiary/aromatic N) is 1. The average molecular weight is 230 g/mol. The van der Waals surface area contributed by atoms with Crippen molar-refractivity contribution in [2.45, 2.75) is 32.7 Å². The minimum atomic E-state index is -0.207. The molecule has 0 aliphatic carbocycles. The summed E-state index contributed by atoms with van der Waals surface area (Å²) >= 11 is 0. The van der Waals surface area contributed by atoms with E-state index in [9.17, 15) is 9.59 Å². The smallest absolute Gasteiger partial charge is 0.307 e. The molecule has 0 bridgehead atoms. The van der Waals surface area contributed by atoms with E-state index in [0.29, 0.717) is 26.0 Å². The van der Waals surface area contributed by atoms with Crippen LogP contribution in [0.4, 0.5) is 0 Å². The Kier molecular flexibility index (Phi) is 7.54. The molecule has 1 N–H and O–H groups in total. The number of carbonyl (C=O) groups is 2. The summed E-state index contributed by atoms with van der Waals surface area (Å²) in [7, 11) is 3.45. The Balaban J connectivity index is 3.61. The highest BCUT2D eigenvalue weighted by Gasteiger charge is 2.10. The van der Waals surface area contributed by atoms with E-state index < -0.39 is 0 Å². The van der Waals surface area contributed by atoms with Gasteiger partial charge in [0.05, 0.1) is 13.0 Å². The van der Waals surface area contributed by atoms with Crippen LogP contribution in [0.2, 0.25) is 0 Å². The van der Waals surface area contributed by atoms with Crippen molar-refractivity contribution < 1.29 is 14.3 Å². The van der Waals surface area contributed by atoms with E-state index in [1.165, 1.54) is 0 Å². The maximum Gasteiger partial charge on any atom is 0.307 e. The van der Waals surface area contributed by atoms with E-state index in [0.717, 1.165) is 0 Å². The summed E-state index contributed by atoms with van der Waals surface area (Å²) in [6.07, 6.45) is 0.782. The summed E-state index contributed by atoms with van der Waals surface area (Å²) in [5.41, 5.74) is 0. The summed E-state index contributed by atoms with van der Waals surface area (Å²) in [5.74, 6) is -0.128. The summed E-state index contributed by atoms with van der Waals surface area (Å²) in [6, 6.07) is 0.0361. The highest BCUT2D eigenvalue weighted by Crippen LogP contribution is 1.95. The topological polar surface area (TPSA) is 58.6 Å². The summed E-state index contributed by atoms with van der Waals surface area (Å²) in [5, 5.41) is 3.11. The summed E-state index contributed by atoms with van der Waals surface area (Å²) in [4.78, 5) is 23.9. The molecule has 0 aliphatic rings. The van der Waals surface area contributed by atoms with Gasteiger partial charge in [0.1, 0.15) is 0 Å². The SMILES string of the molecule is CCOC(=O)CC(C)NCCC(=O)N(C)C. The molecule has 0 spiro atoms. The number of ether oxygens (including phenoxy) is 1. The first-order valence-corrected chi connectivity index (χ1v) is 5.56. The van der Waals surface area contributed by atoms with Gasteiger partial charge in [-0.2, -0.15) is 0 Å². The summed E-state index contributed by atoms with van der Waals surface area (Å²) in [6.45, 7) is 4.67. The fourth-order valence-corrected chi connectivity index (χ4v) is 1.19. The molecule has 94 valence electrons. The van der Waals surface area contributed by atoms with Gasteiger partial charge in [0, 0.05) is 33.1 Å². The van der Waals surface area contributed by atoms with Crippen LogP contribution in [0.5, 0.6) is 0 Å². The van der Waals surface area contributed by atoms with Crippen LogP contribution in [0.25, 0.3) is 0 Å². The third kappa shape index (κ3) is 7.23. The maximum atomic E-state index is 11.2. The second kappa shape index (κ2) is 8.10. The second-order valence-corrected chi connectivity index (χ2v) is 3.90. The van der Waals surface area contributed by atoms with E-state index in [4.69, 9.17) is 4.74 Å². The number of esters is 1. The molecule has 1 unspecified atom stereocenters. The Labute approximate surface area is 97.1 Å².